The number of nitrogens with zero attached hydrogens (tertiary/aromatic N) is 3. The number of hydrogen-bond acceptors (Lipinski definition) is 3. The maximum absolute atomic E-state index is 4.74. The van der Waals surface area contributed by atoms with Gasteiger partial charge in [0.25, 0.3) is 0 Å². The molecule has 0 spiro atoms. The molecule has 0 saturated carbocycles. The van der Waals surface area contributed by atoms with Gasteiger partial charge in [0.1, 0.15) is 11.3 Å². The quantitative estimate of drug-likeness (QED) is 0.918. The van der Waals surface area contributed by atoms with Crippen molar-refractivity contribution >= 4 is 11.2 Å². The van der Waals surface area contributed by atoms with Gasteiger partial charge in [-0.25, -0.2) is 9.97 Å². The van der Waals surface area contributed by atoms with Crippen LogP contribution in [0, 0.1) is 12.8 Å². The average molecular weight is 258 g/mol. The highest BCUT2D eigenvalue weighted by Crippen LogP contribution is 2.21. The molecular weight excluding hydrogens is 236 g/mol. The van der Waals surface area contributed by atoms with Crippen LogP contribution in [-0.4, -0.2) is 27.6 Å². The van der Waals surface area contributed by atoms with E-state index in [1.54, 1.807) is 0 Å². The second-order valence-corrected chi connectivity index (χ2v) is 5.54. The predicted molar refractivity (Wildman–Crippen MR) is 77.2 cm³/mol. The van der Waals surface area contributed by atoms with E-state index in [-0.39, 0.29) is 0 Å². The van der Waals surface area contributed by atoms with Crippen LogP contribution in [0.25, 0.3) is 11.2 Å². The van der Waals surface area contributed by atoms with Crippen molar-refractivity contribution in [3.8, 4) is 0 Å². The summed E-state index contributed by atoms with van der Waals surface area (Å²) in [5.41, 5.74) is 3.29. The fourth-order valence-electron chi connectivity index (χ4n) is 2.94. The van der Waals surface area contributed by atoms with Gasteiger partial charge in [-0.1, -0.05) is 6.92 Å². The van der Waals surface area contributed by atoms with E-state index in [2.05, 4.69) is 34.8 Å². The molecule has 0 aromatic carbocycles. The highest BCUT2D eigenvalue weighted by atomic mass is 15.1. The molecule has 4 heteroatoms. The number of fused-ring (bicyclic) bond motifs is 1. The van der Waals surface area contributed by atoms with E-state index in [1.807, 2.05) is 6.20 Å². The first-order chi connectivity index (χ1) is 9.28. The predicted octanol–water partition coefficient (Wildman–Crippen LogP) is 2.30. The molecule has 0 aliphatic carbocycles. The number of aryl methyl sites for hydroxylation is 2. The van der Waals surface area contributed by atoms with Crippen molar-refractivity contribution in [2.75, 3.05) is 13.1 Å². The molecule has 1 aliphatic rings. The number of imidazole rings is 1. The summed E-state index contributed by atoms with van der Waals surface area (Å²) < 4.78 is 2.34. The molecule has 102 valence electrons. The standard InChI is InChI=1S/C15H22N4/c1-3-14-18-13-8-11(2)9-17-15(13)19(14)10-12-4-6-16-7-5-12/h8-9,12,16H,3-7,10H2,1-2H3. The molecule has 2 aromatic rings. The molecule has 1 fully saturated rings. The Labute approximate surface area is 114 Å². The van der Waals surface area contributed by atoms with E-state index in [0.717, 1.165) is 43.1 Å². The molecule has 3 heterocycles. The highest BCUT2D eigenvalue weighted by Gasteiger charge is 2.17. The van der Waals surface area contributed by atoms with Crippen molar-refractivity contribution in [2.45, 2.75) is 39.7 Å². The van der Waals surface area contributed by atoms with Crippen LogP contribution in [0.15, 0.2) is 12.3 Å². The van der Waals surface area contributed by atoms with E-state index in [0.29, 0.717) is 0 Å². The number of pyridine rings is 1. The summed E-state index contributed by atoms with van der Waals surface area (Å²) in [5, 5.41) is 3.43. The van der Waals surface area contributed by atoms with Gasteiger partial charge in [-0.3, -0.25) is 0 Å². The van der Waals surface area contributed by atoms with E-state index in [9.17, 15) is 0 Å². The van der Waals surface area contributed by atoms with Gasteiger partial charge in [0.15, 0.2) is 5.65 Å². The van der Waals surface area contributed by atoms with Gasteiger partial charge in [0, 0.05) is 19.2 Å². The summed E-state index contributed by atoms with van der Waals surface area (Å²) in [6.07, 6.45) is 5.44. The van der Waals surface area contributed by atoms with E-state index < -0.39 is 0 Å². The zero-order valence-electron chi connectivity index (χ0n) is 11.8. The lowest BCUT2D eigenvalue weighted by molar-refractivity contribution is 0.332. The third-order valence-corrected chi connectivity index (χ3v) is 4.02. The lowest BCUT2D eigenvalue weighted by Crippen LogP contribution is -2.30. The second kappa shape index (κ2) is 5.29. The number of nitrogens with one attached hydrogen (secondary N) is 1. The van der Waals surface area contributed by atoms with Crippen LogP contribution in [-0.2, 0) is 13.0 Å². The topological polar surface area (TPSA) is 42.7 Å². The molecule has 4 nitrogen and oxygen atoms in total. The Morgan fingerprint density at radius 3 is 2.89 bits per heavy atom. The van der Waals surface area contributed by atoms with Crippen LogP contribution in [0.2, 0.25) is 0 Å². The largest absolute Gasteiger partial charge is 0.317 e. The van der Waals surface area contributed by atoms with E-state index in [1.165, 1.54) is 24.2 Å². The van der Waals surface area contributed by atoms with Gasteiger partial charge in [-0.2, -0.15) is 0 Å². The summed E-state index contributed by atoms with van der Waals surface area (Å²) in [4.78, 5) is 9.34. The summed E-state index contributed by atoms with van der Waals surface area (Å²) >= 11 is 0. The summed E-state index contributed by atoms with van der Waals surface area (Å²) in [6.45, 7) is 7.60. The Morgan fingerprint density at radius 2 is 2.16 bits per heavy atom. The zero-order valence-corrected chi connectivity index (χ0v) is 11.8. The van der Waals surface area contributed by atoms with Gasteiger partial charge >= 0.3 is 0 Å². The third kappa shape index (κ3) is 2.50. The van der Waals surface area contributed by atoms with Gasteiger partial charge in [-0.05, 0) is 50.4 Å². The highest BCUT2D eigenvalue weighted by molar-refractivity contribution is 5.72. The average Bonchev–Trinajstić information content (AvgIpc) is 2.77. The normalized spacial score (nSPS) is 17.2. The zero-order chi connectivity index (χ0) is 13.2. The van der Waals surface area contributed by atoms with Crippen molar-refractivity contribution in [3.05, 3.63) is 23.7 Å². The minimum Gasteiger partial charge on any atom is -0.317 e. The van der Waals surface area contributed by atoms with Crippen LogP contribution in [0.5, 0.6) is 0 Å². The summed E-state index contributed by atoms with van der Waals surface area (Å²) in [7, 11) is 0. The molecule has 0 bridgehead atoms. The molecule has 1 N–H and O–H groups in total. The van der Waals surface area contributed by atoms with Crippen molar-refractivity contribution in [2.24, 2.45) is 5.92 Å². The molecule has 2 aromatic heterocycles. The molecule has 0 unspecified atom stereocenters. The van der Waals surface area contributed by atoms with Crippen LogP contribution in [0.1, 0.15) is 31.2 Å². The fraction of sp³-hybridized carbons (Fsp3) is 0.600. The van der Waals surface area contributed by atoms with Crippen LogP contribution in [0.4, 0.5) is 0 Å². The van der Waals surface area contributed by atoms with Crippen LogP contribution >= 0.6 is 0 Å². The number of hydrogen-bond donors (Lipinski definition) is 1. The monoisotopic (exact) mass is 258 g/mol. The molecule has 1 aliphatic heterocycles. The van der Waals surface area contributed by atoms with Crippen molar-refractivity contribution in [3.63, 3.8) is 0 Å². The van der Waals surface area contributed by atoms with Crippen LogP contribution < -0.4 is 5.32 Å². The molecule has 0 amide bonds. The Balaban J connectivity index is 1.95. The second-order valence-electron chi connectivity index (χ2n) is 5.54. The first kappa shape index (κ1) is 12.6. The SMILES string of the molecule is CCc1nc2cc(C)cnc2n1CC1CCNCC1. The Hall–Kier alpha value is -1.42. The minimum absolute atomic E-state index is 0.757. The van der Waals surface area contributed by atoms with E-state index in [4.69, 9.17) is 4.98 Å². The first-order valence-electron chi connectivity index (χ1n) is 7.30. The molecular formula is C15H22N4. The van der Waals surface area contributed by atoms with Gasteiger partial charge in [0.2, 0.25) is 0 Å². The summed E-state index contributed by atoms with van der Waals surface area (Å²) in [5.74, 6) is 1.93. The molecule has 0 radical (unpaired) electrons. The molecule has 1 saturated heterocycles. The third-order valence-electron chi connectivity index (χ3n) is 4.02. The summed E-state index contributed by atoms with van der Waals surface area (Å²) in [6, 6.07) is 2.14. The maximum atomic E-state index is 4.74. The van der Waals surface area contributed by atoms with Gasteiger partial charge in [0.05, 0.1) is 0 Å². The van der Waals surface area contributed by atoms with Crippen molar-refractivity contribution in [1.82, 2.24) is 19.9 Å². The Bertz CT molecular complexity index is 567. The lowest BCUT2D eigenvalue weighted by Gasteiger charge is -2.23. The van der Waals surface area contributed by atoms with Crippen molar-refractivity contribution < 1.29 is 0 Å². The lowest BCUT2D eigenvalue weighted by atomic mass is 9.98. The number of aromatic nitrogens is 3. The van der Waals surface area contributed by atoms with Crippen molar-refractivity contribution in [1.29, 1.82) is 0 Å². The Morgan fingerprint density at radius 1 is 1.37 bits per heavy atom. The van der Waals surface area contributed by atoms with E-state index >= 15 is 0 Å². The molecule has 19 heavy (non-hydrogen) atoms. The maximum Gasteiger partial charge on any atom is 0.160 e. The first-order valence-corrected chi connectivity index (χ1v) is 7.30. The number of rotatable bonds is 3. The molecule has 3 rings (SSSR count). The fourth-order valence-corrected chi connectivity index (χ4v) is 2.94. The van der Waals surface area contributed by atoms with Gasteiger partial charge < -0.3 is 9.88 Å². The smallest absolute Gasteiger partial charge is 0.160 e. The minimum atomic E-state index is 0.757. The Kier molecular flexibility index (Phi) is 3.51. The van der Waals surface area contributed by atoms with Gasteiger partial charge in [-0.15, -0.1) is 0 Å². The molecule has 0 atom stereocenters. The van der Waals surface area contributed by atoms with Crippen LogP contribution in [0.3, 0.4) is 0 Å². The number of piperidine rings is 1.